The van der Waals surface area contributed by atoms with Crippen LogP contribution in [0.15, 0.2) is 82.7 Å². The molecule has 31 heavy (non-hydrogen) atoms. The molecule has 3 aromatic carbocycles. The predicted molar refractivity (Wildman–Crippen MR) is 120 cm³/mol. The van der Waals surface area contributed by atoms with Crippen LogP contribution in [-0.4, -0.2) is 27.5 Å². The van der Waals surface area contributed by atoms with Crippen LogP contribution in [0.25, 0.3) is 0 Å². The Labute approximate surface area is 181 Å². The van der Waals surface area contributed by atoms with Crippen LogP contribution >= 0.6 is 0 Å². The second kappa shape index (κ2) is 9.28. The van der Waals surface area contributed by atoms with Crippen molar-refractivity contribution in [2.24, 2.45) is 4.99 Å². The molecule has 1 aliphatic rings. The van der Waals surface area contributed by atoms with Crippen molar-refractivity contribution in [1.82, 2.24) is 10.0 Å². The number of nitrogens with one attached hydrogen (secondary N) is 3. The third kappa shape index (κ3) is 5.48. The van der Waals surface area contributed by atoms with Crippen LogP contribution in [0.2, 0.25) is 0 Å². The smallest absolute Gasteiger partial charge is 0.243 e. The molecule has 0 fully saturated rings. The monoisotopic (exact) mass is 438 g/mol. The van der Waals surface area contributed by atoms with Gasteiger partial charge in [0.1, 0.15) is 10.7 Å². The van der Waals surface area contributed by atoms with Crippen molar-refractivity contribution in [3.8, 4) is 0 Å². The average molecular weight is 439 g/mol. The predicted octanol–water partition coefficient (Wildman–Crippen LogP) is 3.27. The fraction of sp³-hybridized carbons (Fsp3) is 0.174. The van der Waals surface area contributed by atoms with Gasteiger partial charge < -0.3 is 10.6 Å². The lowest BCUT2D eigenvalue weighted by molar-refractivity contribution is 0.557. The van der Waals surface area contributed by atoms with Crippen molar-refractivity contribution in [1.29, 1.82) is 0 Å². The molecular weight excluding hydrogens is 415 g/mol. The molecular formula is C23H23FN4O2S. The van der Waals surface area contributed by atoms with E-state index < -0.39 is 15.8 Å². The minimum absolute atomic E-state index is 0.0925. The average Bonchev–Trinajstić information content (AvgIpc) is 3.28. The maximum atomic E-state index is 13.8. The van der Waals surface area contributed by atoms with Gasteiger partial charge in [0, 0.05) is 18.8 Å². The molecule has 0 bridgehead atoms. The molecule has 160 valence electrons. The number of sulfonamides is 1. The largest absolute Gasteiger partial charge is 0.354 e. The van der Waals surface area contributed by atoms with Crippen LogP contribution < -0.4 is 15.4 Å². The number of hydrogen-bond acceptors (Lipinski definition) is 5. The highest BCUT2D eigenvalue weighted by Crippen LogP contribution is 2.16. The molecule has 0 radical (unpaired) electrons. The maximum absolute atomic E-state index is 13.8. The number of rotatable bonds is 7. The number of aliphatic imine (C=N–C) groups is 1. The Morgan fingerprint density at radius 2 is 1.55 bits per heavy atom. The van der Waals surface area contributed by atoms with Gasteiger partial charge >= 0.3 is 0 Å². The third-order valence-electron chi connectivity index (χ3n) is 4.91. The van der Waals surface area contributed by atoms with Crippen LogP contribution in [0.3, 0.4) is 0 Å². The molecule has 1 aliphatic heterocycles. The molecule has 3 aromatic rings. The van der Waals surface area contributed by atoms with Gasteiger partial charge in [0.25, 0.3) is 0 Å². The maximum Gasteiger partial charge on any atom is 0.243 e. The van der Waals surface area contributed by atoms with Gasteiger partial charge in [-0.15, -0.1) is 0 Å². The molecule has 0 saturated heterocycles. The second-order valence-corrected chi connectivity index (χ2v) is 8.96. The first-order valence-electron chi connectivity index (χ1n) is 9.96. The summed E-state index contributed by atoms with van der Waals surface area (Å²) in [6, 6.07) is 21.2. The number of benzene rings is 3. The Balaban J connectivity index is 1.33. The van der Waals surface area contributed by atoms with Crippen LogP contribution in [0, 0.1) is 5.82 Å². The fourth-order valence-corrected chi connectivity index (χ4v) is 4.35. The molecule has 0 aromatic heterocycles. The number of guanidine groups is 1. The molecule has 0 unspecified atom stereocenters. The molecule has 1 heterocycles. The van der Waals surface area contributed by atoms with E-state index in [1.165, 1.54) is 23.8 Å². The third-order valence-corrected chi connectivity index (χ3v) is 6.35. The van der Waals surface area contributed by atoms with E-state index in [2.05, 4.69) is 32.5 Å². The summed E-state index contributed by atoms with van der Waals surface area (Å²) in [5.41, 5.74) is 4.06. The summed E-state index contributed by atoms with van der Waals surface area (Å²) < 4.78 is 40.8. The Hall–Kier alpha value is -3.23. The minimum Gasteiger partial charge on any atom is -0.354 e. The van der Waals surface area contributed by atoms with E-state index in [1.54, 1.807) is 0 Å². The van der Waals surface area contributed by atoms with Crippen molar-refractivity contribution < 1.29 is 12.8 Å². The van der Waals surface area contributed by atoms with Crippen molar-refractivity contribution >= 4 is 21.7 Å². The van der Waals surface area contributed by atoms with Crippen LogP contribution in [0.4, 0.5) is 10.1 Å². The molecule has 0 amide bonds. The molecule has 0 spiro atoms. The normalized spacial score (nSPS) is 13.5. The summed E-state index contributed by atoms with van der Waals surface area (Å²) in [7, 11) is -3.90. The van der Waals surface area contributed by atoms with Gasteiger partial charge in [0.15, 0.2) is 5.96 Å². The van der Waals surface area contributed by atoms with Crippen molar-refractivity contribution in [2.75, 3.05) is 18.4 Å². The van der Waals surface area contributed by atoms with Crippen molar-refractivity contribution in [2.45, 2.75) is 17.9 Å². The van der Waals surface area contributed by atoms with E-state index in [1.807, 2.05) is 36.4 Å². The quantitative estimate of drug-likeness (QED) is 0.529. The van der Waals surface area contributed by atoms with Crippen molar-refractivity contribution in [3.63, 3.8) is 0 Å². The number of anilines is 1. The van der Waals surface area contributed by atoms with Crippen LogP contribution in [-0.2, 0) is 23.0 Å². The summed E-state index contributed by atoms with van der Waals surface area (Å²) in [5, 5.41) is 6.41. The van der Waals surface area contributed by atoms with Crippen LogP contribution in [0.5, 0.6) is 0 Å². The standard InChI is InChI=1S/C23H23FN4O2S/c24-21-3-1-2-4-22(21)31(29,30)27-16-19-7-5-17(6-8-19)15-18-9-11-20(12-10-18)28-23-25-13-14-26-23/h1-12,27H,13-16H2,(H2,25,26,28). The van der Waals surface area contributed by atoms with E-state index in [-0.39, 0.29) is 11.4 Å². The zero-order valence-corrected chi connectivity index (χ0v) is 17.6. The fourth-order valence-electron chi connectivity index (χ4n) is 3.25. The number of hydrogen-bond donors (Lipinski definition) is 3. The van der Waals surface area contributed by atoms with Gasteiger partial charge in [-0.05, 0) is 47.4 Å². The summed E-state index contributed by atoms with van der Waals surface area (Å²) in [4.78, 5) is 3.97. The first-order chi connectivity index (χ1) is 15.0. The molecule has 3 N–H and O–H groups in total. The zero-order chi connectivity index (χ0) is 21.7. The van der Waals surface area contributed by atoms with Gasteiger partial charge in [0.05, 0.1) is 6.54 Å². The lowest BCUT2D eigenvalue weighted by Gasteiger charge is -2.09. The summed E-state index contributed by atoms with van der Waals surface area (Å²) in [5.74, 6) is 0.0352. The second-order valence-electron chi connectivity index (χ2n) is 7.23. The molecule has 0 aliphatic carbocycles. The number of nitrogens with zero attached hydrogens (tertiary/aromatic N) is 1. The summed E-state index contributed by atoms with van der Waals surface area (Å²) in [6.07, 6.45) is 0.765. The molecule has 4 rings (SSSR count). The first kappa shape index (κ1) is 21.0. The van der Waals surface area contributed by atoms with Gasteiger partial charge in [-0.3, -0.25) is 4.99 Å². The Morgan fingerprint density at radius 1 is 0.903 bits per heavy atom. The SMILES string of the molecule is O=S(=O)(NCc1ccc(Cc2ccc(NC3=NCCN3)cc2)cc1)c1ccccc1F. The van der Waals surface area contributed by atoms with E-state index in [0.29, 0.717) is 0 Å². The first-order valence-corrected chi connectivity index (χ1v) is 11.4. The Bertz CT molecular complexity index is 1180. The minimum atomic E-state index is -3.90. The van der Waals surface area contributed by atoms with Gasteiger partial charge in [-0.1, -0.05) is 48.5 Å². The highest BCUT2D eigenvalue weighted by Gasteiger charge is 2.17. The Kier molecular flexibility index (Phi) is 6.29. The van der Waals surface area contributed by atoms with Gasteiger partial charge in [-0.25, -0.2) is 17.5 Å². The lowest BCUT2D eigenvalue weighted by Crippen LogP contribution is -2.26. The molecule has 6 nitrogen and oxygen atoms in total. The van der Waals surface area contributed by atoms with E-state index in [0.717, 1.165) is 48.4 Å². The van der Waals surface area contributed by atoms with E-state index in [4.69, 9.17) is 0 Å². The highest BCUT2D eigenvalue weighted by molar-refractivity contribution is 7.89. The van der Waals surface area contributed by atoms with E-state index in [9.17, 15) is 12.8 Å². The summed E-state index contributed by atoms with van der Waals surface area (Å²) in [6.45, 7) is 1.75. The molecule has 0 atom stereocenters. The topological polar surface area (TPSA) is 82.6 Å². The van der Waals surface area contributed by atoms with Gasteiger partial charge in [-0.2, -0.15) is 0 Å². The number of halogens is 1. The zero-order valence-electron chi connectivity index (χ0n) is 16.8. The van der Waals surface area contributed by atoms with Crippen LogP contribution in [0.1, 0.15) is 16.7 Å². The van der Waals surface area contributed by atoms with Gasteiger partial charge in [0.2, 0.25) is 10.0 Å². The molecule has 8 heteroatoms. The lowest BCUT2D eigenvalue weighted by atomic mass is 10.0. The van der Waals surface area contributed by atoms with E-state index >= 15 is 0 Å². The molecule has 0 saturated carbocycles. The Morgan fingerprint density at radius 3 is 2.19 bits per heavy atom. The van der Waals surface area contributed by atoms with Crippen molar-refractivity contribution in [3.05, 3.63) is 95.3 Å². The highest BCUT2D eigenvalue weighted by atomic mass is 32.2. The summed E-state index contributed by atoms with van der Waals surface area (Å²) >= 11 is 0.